The third kappa shape index (κ3) is 5.74. The minimum Gasteiger partial charge on any atom is -0.483 e. The number of anilines is 2. The Morgan fingerprint density at radius 3 is 2.29 bits per heavy atom. The molecule has 3 amide bonds. The maximum absolute atomic E-state index is 12.2. The highest BCUT2D eigenvalue weighted by Crippen LogP contribution is 2.24. The average Bonchev–Trinajstić information content (AvgIpc) is 3.46. The summed E-state index contributed by atoms with van der Waals surface area (Å²) in [5.74, 6) is 0.888. The van der Waals surface area contributed by atoms with Crippen molar-refractivity contribution in [2.75, 3.05) is 17.2 Å². The molecular weight excluding hydrogens is 354 g/mol. The molecule has 0 atom stereocenters. The maximum Gasteiger partial charge on any atom is 0.319 e. The average molecular weight is 381 g/mol. The molecule has 3 N–H and O–H groups in total. The van der Waals surface area contributed by atoms with Crippen molar-refractivity contribution in [1.29, 1.82) is 0 Å². The van der Waals surface area contributed by atoms with Crippen LogP contribution < -0.4 is 20.7 Å². The molecule has 6 nitrogen and oxygen atoms in total. The van der Waals surface area contributed by atoms with Gasteiger partial charge >= 0.3 is 6.03 Å². The second kappa shape index (κ2) is 8.78. The lowest BCUT2D eigenvalue weighted by Gasteiger charge is -2.13. The van der Waals surface area contributed by atoms with E-state index in [9.17, 15) is 9.59 Å². The molecule has 1 saturated carbocycles. The summed E-state index contributed by atoms with van der Waals surface area (Å²) in [6.07, 6.45) is 2.09. The molecule has 0 aliphatic heterocycles. The van der Waals surface area contributed by atoms with Crippen molar-refractivity contribution >= 4 is 23.3 Å². The fourth-order valence-electron chi connectivity index (χ4n) is 2.69. The normalized spacial score (nSPS) is 13.1. The number of benzene rings is 2. The van der Waals surface area contributed by atoms with Crippen molar-refractivity contribution in [3.8, 4) is 5.75 Å². The van der Waals surface area contributed by atoms with Crippen LogP contribution in [0.3, 0.4) is 0 Å². The third-order valence-corrected chi connectivity index (χ3v) is 4.58. The van der Waals surface area contributed by atoms with Crippen molar-refractivity contribution in [1.82, 2.24) is 5.32 Å². The van der Waals surface area contributed by atoms with Gasteiger partial charge in [0.1, 0.15) is 5.75 Å². The van der Waals surface area contributed by atoms with Gasteiger partial charge < -0.3 is 20.7 Å². The van der Waals surface area contributed by atoms with Crippen LogP contribution in [0, 0.1) is 6.92 Å². The van der Waals surface area contributed by atoms with Gasteiger partial charge in [-0.1, -0.05) is 26.0 Å². The van der Waals surface area contributed by atoms with E-state index in [-0.39, 0.29) is 18.5 Å². The number of rotatable bonds is 7. The Bertz CT molecular complexity index is 843. The van der Waals surface area contributed by atoms with E-state index < -0.39 is 0 Å². The number of nitrogens with one attached hydrogen (secondary N) is 3. The lowest BCUT2D eigenvalue weighted by atomic mass is 10.0. The standard InChI is InChI=1S/C22H27N3O3/c1-14(2)16-5-4-15(3)20(12-16)28-13-21(26)23-17-6-8-18(9-7-17)24-22(27)25-19-10-11-19/h4-9,12,14,19H,10-11,13H2,1-3H3,(H,23,26)(H2,24,25,27). The van der Waals surface area contributed by atoms with Gasteiger partial charge in [0.2, 0.25) is 0 Å². The second-order valence-electron chi connectivity index (χ2n) is 7.47. The molecule has 0 spiro atoms. The molecular formula is C22H27N3O3. The van der Waals surface area contributed by atoms with Crippen molar-refractivity contribution in [2.24, 2.45) is 0 Å². The topological polar surface area (TPSA) is 79.5 Å². The van der Waals surface area contributed by atoms with Crippen LogP contribution in [0.5, 0.6) is 5.75 Å². The fourth-order valence-corrected chi connectivity index (χ4v) is 2.69. The van der Waals surface area contributed by atoms with Gasteiger partial charge in [-0.3, -0.25) is 4.79 Å². The molecule has 0 unspecified atom stereocenters. The highest BCUT2D eigenvalue weighted by Gasteiger charge is 2.23. The molecule has 28 heavy (non-hydrogen) atoms. The van der Waals surface area contributed by atoms with E-state index in [0.717, 1.165) is 24.2 Å². The van der Waals surface area contributed by atoms with E-state index in [0.29, 0.717) is 23.3 Å². The van der Waals surface area contributed by atoms with Crippen LogP contribution in [0.4, 0.5) is 16.2 Å². The van der Waals surface area contributed by atoms with Gasteiger partial charge in [0, 0.05) is 17.4 Å². The summed E-state index contributed by atoms with van der Waals surface area (Å²) < 4.78 is 5.70. The zero-order valence-electron chi connectivity index (χ0n) is 16.5. The van der Waals surface area contributed by atoms with Crippen molar-refractivity contribution in [3.63, 3.8) is 0 Å². The van der Waals surface area contributed by atoms with Gasteiger partial charge in [0.05, 0.1) is 0 Å². The van der Waals surface area contributed by atoms with E-state index in [1.165, 1.54) is 5.56 Å². The summed E-state index contributed by atoms with van der Waals surface area (Å²) in [6.45, 7) is 6.14. The molecule has 0 saturated heterocycles. The summed E-state index contributed by atoms with van der Waals surface area (Å²) >= 11 is 0. The molecule has 0 heterocycles. The Hall–Kier alpha value is -3.02. The third-order valence-electron chi connectivity index (χ3n) is 4.58. The summed E-state index contributed by atoms with van der Waals surface area (Å²) in [6, 6.07) is 13.2. The Morgan fingerprint density at radius 1 is 1.04 bits per heavy atom. The van der Waals surface area contributed by atoms with E-state index in [2.05, 4.69) is 35.9 Å². The number of carbonyl (C=O) groups is 2. The Balaban J connectivity index is 1.49. The summed E-state index contributed by atoms with van der Waals surface area (Å²) in [5, 5.41) is 8.43. The smallest absolute Gasteiger partial charge is 0.319 e. The van der Waals surface area contributed by atoms with Crippen molar-refractivity contribution in [3.05, 3.63) is 53.6 Å². The van der Waals surface area contributed by atoms with Crippen molar-refractivity contribution in [2.45, 2.75) is 45.6 Å². The number of amides is 3. The first kappa shape index (κ1) is 19.7. The number of hydrogen-bond donors (Lipinski definition) is 3. The number of carbonyl (C=O) groups excluding carboxylic acids is 2. The van der Waals surface area contributed by atoms with Gasteiger partial charge in [-0.25, -0.2) is 4.79 Å². The first-order valence-corrected chi connectivity index (χ1v) is 9.61. The van der Waals surface area contributed by atoms with Gasteiger partial charge in [-0.05, 0) is 67.1 Å². The quantitative estimate of drug-likeness (QED) is 0.664. The largest absolute Gasteiger partial charge is 0.483 e. The predicted molar refractivity (Wildman–Crippen MR) is 111 cm³/mol. The molecule has 2 aromatic carbocycles. The second-order valence-corrected chi connectivity index (χ2v) is 7.47. The number of aryl methyl sites for hydroxylation is 1. The van der Waals surface area contributed by atoms with Crippen molar-refractivity contribution < 1.29 is 14.3 Å². The zero-order chi connectivity index (χ0) is 20.1. The minimum atomic E-state index is -0.235. The molecule has 1 aliphatic carbocycles. The first-order chi connectivity index (χ1) is 13.4. The molecule has 1 fully saturated rings. The highest BCUT2D eigenvalue weighted by atomic mass is 16.5. The maximum atomic E-state index is 12.2. The molecule has 148 valence electrons. The Morgan fingerprint density at radius 2 is 1.68 bits per heavy atom. The SMILES string of the molecule is Cc1ccc(C(C)C)cc1OCC(=O)Nc1ccc(NC(=O)NC2CC2)cc1. The van der Waals surface area contributed by atoms with Crippen LogP contribution in [0.1, 0.15) is 43.7 Å². The van der Waals surface area contributed by atoms with Gasteiger partial charge in [0.15, 0.2) is 6.61 Å². The van der Waals surface area contributed by atoms with Crippen LogP contribution in [-0.2, 0) is 4.79 Å². The molecule has 3 rings (SSSR count). The van der Waals surface area contributed by atoms with E-state index in [1.54, 1.807) is 24.3 Å². The summed E-state index contributed by atoms with van der Waals surface area (Å²) in [4.78, 5) is 23.9. The van der Waals surface area contributed by atoms with Crippen LogP contribution in [0.15, 0.2) is 42.5 Å². The number of hydrogen-bond acceptors (Lipinski definition) is 3. The molecule has 6 heteroatoms. The lowest BCUT2D eigenvalue weighted by Crippen LogP contribution is -2.30. The highest BCUT2D eigenvalue weighted by molar-refractivity contribution is 5.93. The minimum absolute atomic E-state index is 0.0633. The van der Waals surface area contributed by atoms with Gasteiger partial charge in [-0.2, -0.15) is 0 Å². The molecule has 0 radical (unpaired) electrons. The molecule has 1 aliphatic rings. The Labute approximate surface area is 165 Å². The summed E-state index contributed by atoms with van der Waals surface area (Å²) in [5.41, 5.74) is 3.50. The number of ether oxygens (including phenoxy) is 1. The van der Waals surface area contributed by atoms with Crippen LogP contribution >= 0.6 is 0 Å². The lowest BCUT2D eigenvalue weighted by molar-refractivity contribution is -0.118. The van der Waals surface area contributed by atoms with E-state index in [4.69, 9.17) is 4.74 Å². The fraction of sp³-hybridized carbons (Fsp3) is 0.364. The van der Waals surface area contributed by atoms with Gasteiger partial charge in [0.25, 0.3) is 5.91 Å². The monoisotopic (exact) mass is 381 g/mol. The Kier molecular flexibility index (Phi) is 6.19. The molecule has 0 bridgehead atoms. The van der Waals surface area contributed by atoms with Crippen LogP contribution in [0.25, 0.3) is 0 Å². The van der Waals surface area contributed by atoms with Crippen LogP contribution in [-0.4, -0.2) is 24.6 Å². The predicted octanol–water partition coefficient (Wildman–Crippen LogP) is 4.42. The van der Waals surface area contributed by atoms with E-state index >= 15 is 0 Å². The van der Waals surface area contributed by atoms with Gasteiger partial charge in [-0.15, -0.1) is 0 Å². The zero-order valence-corrected chi connectivity index (χ0v) is 16.5. The number of urea groups is 1. The first-order valence-electron chi connectivity index (χ1n) is 9.61. The van der Waals surface area contributed by atoms with Crippen LogP contribution in [0.2, 0.25) is 0 Å². The van der Waals surface area contributed by atoms with E-state index in [1.807, 2.05) is 19.1 Å². The molecule has 0 aromatic heterocycles. The molecule has 2 aromatic rings. The summed E-state index contributed by atoms with van der Waals surface area (Å²) in [7, 11) is 0.